The SMILES string of the molecule is N#CCC(=O)Nc1c(F)cccc1N1CCC(O)CC1. The Morgan fingerprint density at radius 3 is 2.85 bits per heavy atom. The van der Waals surface area contributed by atoms with Gasteiger partial charge in [-0.2, -0.15) is 5.26 Å². The van der Waals surface area contributed by atoms with Crippen molar-refractivity contribution in [2.24, 2.45) is 0 Å². The molecule has 0 aromatic heterocycles. The van der Waals surface area contributed by atoms with Crippen molar-refractivity contribution in [3.63, 3.8) is 0 Å². The van der Waals surface area contributed by atoms with E-state index in [0.29, 0.717) is 31.6 Å². The zero-order chi connectivity index (χ0) is 14.5. The number of aliphatic hydroxyl groups is 1. The van der Waals surface area contributed by atoms with Gasteiger partial charge in [0.15, 0.2) is 0 Å². The number of piperidine rings is 1. The fraction of sp³-hybridized carbons (Fsp3) is 0.429. The number of carbonyl (C=O) groups is 1. The summed E-state index contributed by atoms with van der Waals surface area (Å²) in [6, 6.07) is 6.30. The maximum absolute atomic E-state index is 13.9. The summed E-state index contributed by atoms with van der Waals surface area (Å²) >= 11 is 0. The molecule has 1 fully saturated rings. The molecule has 0 saturated carbocycles. The van der Waals surface area contributed by atoms with Gasteiger partial charge in [0.1, 0.15) is 17.9 Å². The second-order valence-electron chi connectivity index (χ2n) is 4.74. The molecule has 0 unspecified atom stereocenters. The Morgan fingerprint density at radius 1 is 1.50 bits per heavy atom. The minimum Gasteiger partial charge on any atom is -0.393 e. The third-order valence-electron chi connectivity index (χ3n) is 3.30. The Hall–Kier alpha value is -2.13. The predicted molar refractivity (Wildman–Crippen MR) is 72.7 cm³/mol. The monoisotopic (exact) mass is 277 g/mol. The zero-order valence-electron chi connectivity index (χ0n) is 11.0. The second kappa shape index (κ2) is 6.35. The molecule has 1 heterocycles. The molecule has 106 valence electrons. The first-order chi connectivity index (χ1) is 9.61. The molecule has 0 bridgehead atoms. The van der Waals surface area contributed by atoms with E-state index in [0.717, 1.165) is 0 Å². The first kappa shape index (κ1) is 14.3. The Kier molecular flexibility index (Phi) is 4.53. The van der Waals surface area contributed by atoms with Gasteiger partial charge >= 0.3 is 0 Å². The standard InChI is InChI=1S/C14H16FN3O2/c15-11-2-1-3-12(14(11)17-13(20)4-7-16)18-8-5-10(19)6-9-18/h1-3,10,19H,4-6,8-9H2,(H,17,20). The van der Waals surface area contributed by atoms with Gasteiger partial charge in [0.05, 0.1) is 17.9 Å². The fourth-order valence-corrected chi connectivity index (χ4v) is 2.26. The van der Waals surface area contributed by atoms with Crippen LogP contribution in [0.5, 0.6) is 0 Å². The smallest absolute Gasteiger partial charge is 0.238 e. The number of carbonyl (C=O) groups excluding carboxylic acids is 1. The number of halogens is 1. The fourth-order valence-electron chi connectivity index (χ4n) is 2.26. The first-order valence-corrected chi connectivity index (χ1v) is 6.50. The van der Waals surface area contributed by atoms with E-state index in [1.165, 1.54) is 6.07 Å². The van der Waals surface area contributed by atoms with Gasteiger partial charge in [0, 0.05) is 13.1 Å². The van der Waals surface area contributed by atoms with Crippen LogP contribution in [0.2, 0.25) is 0 Å². The van der Waals surface area contributed by atoms with Crippen LogP contribution in [0, 0.1) is 17.1 Å². The summed E-state index contributed by atoms with van der Waals surface area (Å²) in [5.74, 6) is -1.06. The number of hydrogen-bond donors (Lipinski definition) is 2. The second-order valence-corrected chi connectivity index (χ2v) is 4.74. The van der Waals surface area contributed by atoms with E-state index in [2.05, 4.69) is 5.32 Å². The van der Waals surface area contributed by atoms with Gasteiger partial charge < -0.3 is 15.3 Å². The van der Waals surface area contributed by atoms with E-state index in [4.69, 9.17) is 5.26 Å². The highest BCUT2D eigenvalue weighted by Gasteiger charge is 2.21. The minimum absolute atomic E-state index is 0.101. The molecular weight excluding hydrogens is 261 g/mol. The van der Waals surface area contributed by atoms with Gasteiger partial charge in [0.2, 0.25) is 5.91 Å². The molecule has 2 rings (SSSR count). The third-order valence-corrected chi connectivity index (χ3v) is 3.30. The van der Waals surface area contributed by atoms with Crippen LogP contribution in [0.3, 0.4) is 0 Å². The molecule has 6 heteroatoms. The number of anilines is 2. The predicted octanol–water partition coefficient (Wildman–Crippen LogP) is 1.64. The summed E-state index contributed by atoms with van der Waals surface area (Å²) in [7, 11) is 0. The van der Waals surface area contributed by atoms with Gasteiger partial charge in [-0.25, -0.2) is 4.39 Å². The molecule has 0 radical (unpaired) electrons. The molecule has 1 saturated heterocycles. The number of para-hydroxylation sites is 1. The average Bonchev–Trinajstić information content (AvgIpc) is 2.42. The van der Waals surface area contributed by atoms with E-state index in [-0.39, 0.29) is 18.2 Å². The Labute approximate surface area is 116 Å². The molecule has 1 amide bonds. The number of aliphatic hydroxyl groups excluding tert-OH is 1. The van der Waals surface area contributed by atoms with E-state index >= 15 is 0 Å². The quantitative estimate of drug-likeness (QED) is 0.880. The largest absolute Gasteiger partial charge is 0.393 e. The van der Waals surface area contributed by atoms with Crippen LogP contribution in [0.1, 0.15) is 19.3 Å². The molecule has 5 nitrogen and oxygen atoms in total. The van der Waals surface area contributed by atoms with Crippen molar-refractivity contribution in [1.82, 2.24) is 0 Å². The molecule has 0 atom stereocenters. The van der Waals surface area contributed by atoms with Crippen LogP contribution in [-0.4, -0.2) is 30.2 Å². The number of nitrogens with zero attached hydrogens (tertiary/aromatic N) is 2. The number of hydrogen-bond acceptors (Lipinski definition) is 4. The van der Waals surface area contributed by atoms with Crippen LogP contribution in [0.15, 0.2) is 18.2 Å². The summed E-state index contributed by atoms with van der Waals surface area (Å²) in [6.45, 7) is 1.21. The van der Waals surface area contributed by atoms with Crippen molar-refractivity contribution in [2.45, 2.75) is 25.4 Å². The Morgan fingerprint density at radius 2 is 2.20 bits per heavy atom. The maximum atomic E-state index is 13.9. The molecule has 1 aliphatic heterocycles. The number of nitrogens with one attached hydrogen (secondary N) is 1. The van der Waals surface area contributed by atoms with E-state index < -0.39 is 11.7 Å². The Bertz CT molecular complexity index is 534. The van der Waals surface area contributed by atoms with Crippen molar-refractivity contribution in [2.75, 3.05) is 23.3 Å². The van der Waals surface area contributed by atoms with Crippen LogP contribution in [0.25, 0.3) is 0 Å². The van der Waals surface area contributed by atoms with Crippen LogP contribution in [0.4, 0.5) is 15.8 Å². The number of nitriles is 1. The first-order valence-electron chi connectivity index (χ1n) is 6.50. The van der Waals surface area contributed by atoms with Crippen LogP contribution < -0.4 is 10.2 Å². The summed E-state index contributed by atoms with van der Waals surface area (Å²) < 4.78 is 13.9. The molecule has 2 N–H and O–H groups in total. The summed E-state index contributed by atoms with van der Waals surface area (Å²) in [4.78, 5) is 13.4. The van der Waals surface area contributed by atoms with Gasteiger partial charge in [0.25, 0.3) is 0 Å². The topological polar surface area (TPSA) is 76.4 Å². The number of rotatable bonds is 3. The molecule has 20 heavy (non-hydrogen) atoms. The highest BCUT2D eigenvalue weighted by Crippen LogP contribution is 2.31. The molecular formula is C14H16FN3O2. The van der Waals surface area contributed by atoms with Crippen molar-refractivity contribution < 1.29 is 14.3 Å². The van der Waals surface area contributed by atoms with Crippen molar-refractivity contribution in [3.8, 4) is 6.07 Å². The lowest BCUT2D eigenvalue weighted by Crippen LogP contribution is -2.36. The van der Waals surface area contributed by atoms with Crippen molar-refractivity contribution >= 4 is 17.3 Å². The van der Waals surface area contributed by atoms with Gasteiger partial charge in [-0.05, 0) is 25.0 Å². The van der Waals surface area contributed by atoms with Gasteiger partial charge in [-0.15, -0.1) is 0 Å². The lowest BCUT2D eigenvalue weighted by Gasteiger charge is -2.32. The van der Waals surface area contributed by atoms with Gasteiger partial charge in [-0.1, -0.05) is 6.07 Å². The summed E-state index contributed by atoms with van der Waals surface area (Å²) in [5.41, 5.74) is 0.687. The number of benzene rings is 1. The average molecular weight is 277 g/mol. The van der Waals surface area contributed by atoms with Crippen molar-refractivity contribution in [1.29, 1.82) is 5.26 Å². The highest BCUT2D eigenvalue weighted by atomic mass is 19.1. The maximum Gasteiger partial charge on any atom is 0.238 e. The number of amides is 1. The van der Waals surface area contributed by atoms with Gasteiger partial charge in [-0.3, -0.25) is 4.79 Å². The molecule has 1 aliphatic rings. The zero-order valence-corrected chi connectivity index (χ0v) is 11.0. The summed E-state index contributed by atoms with van der Waals surface area (Å²) in [5, 5.41) is 20.4. The van der Waals surface area contributed by atoms with Crippen LogP contribution >= 0.6 is 0 Å². The molecule has 0 aliphatic carbocycles. The molecule has 1 aromatic carbocycles. The normalized spacial score (nSPS) is 15.8. The van der Waals surface area contributed by atoms with Crippen molar-refractivity contribution in [3.05, 3.63) is 24.0 Å². The minimum atomic E-state index is -0.532. The Balaban J connectivity index is 2.22. The van der Waals surface area contributed by atoms with E-state index in [1.807, 2.05) is 4.90 Å². The highest BCUT2D eigenvalue weighted by molar-refractivity contribution is 5.95. The third kappa shape index (κ3) is 3.25. The molecule has 1 aromatic rings. The lowest BCUT2D eigenvalue weighted by molar-refractivity contribution is -0.115. The lowest BCUT2D eigenvalue weighted by atomic mass is 10.1. The van der Waals surface area contributed by atoms with E-state index in [1.54, 1.807) is 18.2 Å². The summed E-state index contributed by atoms with van der Waals surface area (Å²) in [6.07, 6.45) is 0.591. The molecule has 0 spiro atoms. The van der Waals surface area contributed by atoms with Crippen LogP contribution in [-0.2, 0) is 4.79 Å². The van der Waals surface area contributed by atoms with E-state index in [9.17, 15) is 14.3 Å².